The van der Waals surface area contributed by atoms with Crippen LogP contribution < -0.4 is 5.32 Å². The summed E-state index contributed by atoms with van der Waals surface area (Å²) in [7, 11) is 0. The van der Waals surface area contributed by atoms with Crippen molar-refractivity contribution in [1.29, 1.82) is 0 Å². The Morgan fingerprint density at radius 3 is 2.94 bits per heavy atom. The van der Waals surface area contributed by atoms with Gasteiger partial charge in [-0.3, -0.25) is 4.98 Å². The van der Waals surface area contributed by atoms with E-state index in [9.17, 15) is 0 Å². The van der Waals surface area contributed by atoms with Gasteiger partial charge in [-0.15, -0.1) is 0 Å². The first-order valence-corrected chi connectivity index (χ1v) is 7.04. The van der Waals surface area contributed by atoms with Gasteiger partial charge in [0.25, 0.3) is 0 Å². The number of aryl methyl sites for hydroxylation is 1. The largest absolute Gasteiger partial charge is 0.306 e. The SMILES string of the molecule is CC(NC1CCc2cccnc21)C1CCCC1. The number of rotatable bonds is 3. The van der Waals surface area contributed by atoms with Gasteiger partial charge in [0.1, 0.15) is 0 Å². The van der Waals surface area contributed by atoms with Crippen molar-refractivity contribution < 1.29 is 0 Å². The summed E-state index contributed by atoms with van der Waals surface area (Å²) in [6.07, 6.45) is 10.0. The summed E-state index contributed by atoms with van der Waals surface area (Å²) in [6.45, 7) is 2.36. The third kappa shape index (κ3) is 2.23. The zero-order valence-corrected chi connectivity index (χ0v) is 10.7. The van der Waals surface area contributed by atoms with Crippen molar-refractivity contribution >= 4 is 0 Å². The molecular weight excluding hydrogens is 208 g/mol. The predicted octanol–water partition coefficient (Wildman–Crippen LogP) is 3.24. The number of hydrogen-bond donors (Lipinski definition) is 1. The molecule has 0 aromatic carbocycles. The molecule has 2 aliphatic rings. The molecule has 1 N–H and O–H groups in total. The standard InChI is InChI=1S/C15H22N2/c1-11(12-5-2-3-6-12)17-14-9-8-13-7-4-10-16-15(13)14/h4,7,10-12,14,17H,2-3,5-6,8-9H2,1H3. The van der Waals surface area contributed by atoms with Gasteiger partial charge in [0.05, 0.1) is 11.7 Å². The molecule has 2 heteroatoms. The van der Waals surface area contributed by atoms with Crippen LogP contribution in [0.1, 0.15) is 56.3 Å². The van der Waals surface area contributed by atoms with Crippen molar-refractivity contribution in [2.75, 3.05) is 0 Å². The fourth-order valence-corrected chi connectivity index (χ4v) is 3.49. The van der Waals surface area contributed by atoms with E-state index in [0.717, 1.165) is 5.92 Å². The minimum atomic E-state index is 0.502. The van der Waals surface area contributed by atoms with Crippen LogP contribution in [0, 0.1) is 5.92 Å². The van der Waals surface area contributed by atoms with E-state index in [1.807, 2.05) is 6.20 Å². The lowest BCUT2D eigenvalue weighted by molar-refractivity contribution is 0.340. The van der Waals surface area contributed by atoms with E-state index in [1.54, 1.807) is 0 Å². The molecule has 1 saturated carbocycles. The highest BCUT2D eigenvalue weighted by molar-refractivity contribution is 5.28. The lowest BCUT2D eigenvalue weighted by Crippen LogP contribution is -2.34. The normalized spacial score (nSPS) is 26.1. The van der Waals surface area contributed by atoms with Crippen molar-refractivity contribution in [3.63, 3.8) is 0 Å². The molecule has 92 valence electrons. The second-order valence-corrected chi connectivity index (χ2v) is 5.64. The highest BCUT2D eigenvalue weighted by Crippen LogP contribution is 2.32. The molecule has 1 aromatic heterocycles. The van der Waals surface area contributed by atoms with Gasteiger partial charge in [-0.25, -0.2) is 0 Å². The van der Waals surface area contributed by atoms with Crippen LogP contribution in [-0.4, -0.2) is 11.0 Å². The van der Waals surface area contributed by atoms with Crippen molar-refractivity contribution in [1.82, 2.24) is 10.3 Å². The van der Waals surface area contributed by atoms with Gasteiger partial charge in [0, 0.05) is 12.2 Å². The van der Waals surface area contributed by atoms with Gasteiger partial charge < -0.3 is 5.32 Å². The van der Waals surface area contributed by atoms with Crippen LogP contribution in [-0.2, 0) is 6.42 Å². The van der Waals surface area contributed by atoms with Gasteiger partial charge in [-0.05, 0) is 50.2 Å². The predicted molar refractivity (Wildman–Crippen MR) is 69.9 cm³/mol. The van der Waals surface area contributed by atoms with Crippen LogP contribution in [0.2, 0.25) is 0 Å². The summed E-state index contributed by atoms with van der Waals surface area (Å²) in [6, 6.07) is 5.43. The van der Waals surface area contributed by atoms with E-state index in [0.29, 0.717) is 12.1 Å². The summed E-state index contributed by atoms with van der Waals surface area (Å²) in [5.74, 6) is 0.891. The maximum absolute atomic E-state index is 4.56. The molecule has 0 bridgehead atoms. The number of fused-ring (bicyclic) bond motifs is 1. The highest BCUT2D eigenvalue weighted by atomic mass is 15.0. The molecule has 0 saturated heterocycles. The first-order chi connectivity index (χ1) is 8.34. The Labute approximate surface area is 104 Å². The van der Waals surface area contributed by atoms with E-state index >= 15 is 0 Å². The molecule has 1 fully saturated rings. The zero-order valence-electron chi connectivity index (χ0n) is 10.7. The third-order valence-corrected chi connectivity index (χ3v) is 4.53. The van der Waals surface area contributed by atoms with E-state index in [4.69, 9.17) is 0 Å². The second-order valence-electron chi connectivity index (χ2n) is 5.64. The van der Waals surface area contributed by atoms with Gasteiger partial charge in [0.15, 0.2) is 0 Å². The van der Waals surface area contributed by atoms with Gasteiger partial charge in [-0.2, -0.15) is 0 Å². The Bertz CT molecular complexity index is 382. The molecule has 2 aliphatic carbocycles. The van der Waals surface area contributed by atoms with Crippen LogP contribution in [0.15, 0.2) is 18.3 Å². The molecule has 2 atom stereocenters. The van der Waals surface area contributed by atoms with Crippen LogP contribution in [0.4, 0.5) is 0 Å². The van der Waals surface area contributed by atoms with Crippen molar-refractivity contribution in [2.45, 2.75) is 57.5 Å². The minimum Gasteiger partial charge on any atom is -0.306 e. The average Bonchev–Trinajstić information content (AvgIpc) is 2.98. The molecule has 0 spiro atoms. The molecule has 2 unspecified atom stereocenters. The number of nitrogens with one attached hydrogen (secondary N) is 1. The molecule has 1 heterocycles. The quantitative estimate of drug-likeness (QED) is 0.862. The summed E-state index contributed by atoms with van der Waals surface area (Å²) in [5, 5.41) is 3.81. The number of hydrogen-bond acceptors (Lipinski definition) is 2. The summed E-state index contributed by atoms with van der Waals surface area (Å²) < 4.78 is 0. The smallest absolute Gasteiger partial charge is 0.0605 e. The molecule has 1 aromatic rings. The fraction of sp³-hybridized carbons (Fsp3) is 0.667. The van der Waals surface area contributed by atoms with Crippen molar-refractivity contribution in [2.24, 2.45) is 5.92 Å². The van der Waals surface area contributed by atoms with Crippen LogP contribution in [0.3, 0.4) is 0 Å². The van der Waals surface area contributed by atoms with Gasteiger partial charge in [0.2, 0.25) is 0 Å². The van der Waals surface area contributed by atoms with Crippen molar-refractivity contribution in [3.05, 3.63) is 29.6 Å². The Kier molecular flexibility index (Phi) is 3.15. The second kappa shape index (κ2) is 4.77. The monoisotopic (exact) mass is 230 g/mol. The molecule has 17 heavy (non-hydrogen) atoms. The fourth-order valence-electron chi connectivity index (χ4n) is 3.49. The summed E-state index contributed by atoms with van der Waals surface area (Å²) in [5.41, 5.74) is 2.75. The topological polar surface area (TPSA) is 24.9 Å². The number of aromatic nitrogens is 1. The van der Waals surface area contributed by atoms with E-state index < -0.39 is 0 Å². The molecule has 3 rings (SSSR count). The molecule has 2 nitrogen and oxygen atoms in total. The lowest BCUT2D eigenvalue weighted by atomic mass is 9.98. The first-order valence-electron chi connectivity index (χ1n) is 7.04. The minimum absolute atomic E-state index is 0.502. The third-order valence-electron chi connectivity index (χ3n) is 4.53. The van der Waals surface area contributed by atoms with E-state index in [-0.39, 0.29) is 0 Å². The number of nitrogens with zero attached hydrogens (tertiary/aromatic N) is 1. The Morgan fingerprint density at radius 2 is 2.12 bits per heavy atom. The van der Waals surface area contributed by atoms with Crippen LogP contribution >= 0.6 is 0 Å². The molecule has 0 amide bonds. The van der Waals surface area contributed by atoms with Gasteiger partial charge >= 0.3 is 0 Å². The molecular formula is C15H22N2. The van der Waals surface area contributed by atoms with Gasteiger partial charge in [-0.1, -0.05) is 18.9 Å². The number of pyridine rings is 1. The molecule has 0 radical (unpaired) electrons. The highest BCUT2D eigenvalue weighted by Gasteiger charge is 2.28. The summed E-state index contributed by atoms with van der Waals surface area (Å²) in [4.78, 5) is 4.56. The van der Waals surface area contributed by atoms with Crippen LogP contribution in [0.25, 0.3) is 0 Å². The average molecular weight is 230 g/mol. The van der Waals surface area contributed by atoms with E-state index in [2.05, 4.69) is 29.4 Å². The Balaban J connectivity index is 1.66. The maximum atomic E-state index is 4.56. The van der Waals surface area contributed by atoms with Crippen molar-refractivity contribution in [3.8, 4) is 0 Å². The first kappa shape index (κ1) is 11.2. The Hall–Kier alpha value is -0.890. The summed E-state index contributed by atoms with van der Waals surface area (Å²) >= 11 is 0. The lowest BCUT2D eigenvalue weighted by Gasteiger charge is -2.24. The van der Waals surface area contributed by atoms with Crippen LogP contribution in [0.5, 0.6) is 0 Å². The molecule has 0 aliphatic heterocycles. The Morgan fingerprint density at radius 1 is 1.29 bits per heavy atom. The van der Waals surface area contributed by atoms with E-state index in [1.165, 1.54) is 49.8 Å². The zero-order chi connectivity index (χ0) is 11.7. The maximum Gasteiger partial charge on any atom is 0.0605 e.